The molecule has 2 unspecified atom stereocenters. The van der Waals surface area contributed by atoms with Gasteiger partial charge in [0, 0.05) is 12.8 Å². The monoisotopic (exact) mass is 698 g/mol. The molecule has 0 saturated heterocycles. The van der Waals surface area contributed by atoms with Crippen molar-refractivity contribution in [2.75, 3.05) is 47.5 Å². The molecule has 48 heavy (non-hydrogen) atoms. The zero-order chi connectivity index (χ0) is 35.8. The number of phosphoric acid groups is 1. The zero-order valence-corrected chi connectivity index (χ0v) is 31.8. The number of carbonyl (C=O) groups is 2. The molecule has 0 bridgehead atoms. The van der Waals surface area contributed by atoms with Crippen molar-refractivity contribution in [3.8, 4) is 0 Å². The van der Waals surface area contributed by atoms with E-state index < -0.39 is 26.5 Å². The van der Waals surface area contributed by atoms with E-state index in [0.717, 1.165) is 57.8 Å². The Morgan fingerprint density at radius 2 is 1.19 bits per heavy atom. The molecule has 0 heterocycles. The Kier molecular flexibility index (Phi) is 29.7. The fraction of sp³-hybridized carbons (Fsp3) is 0.737. The molecule has 0 aromatic heterocycles. The normalized spacial score (nSPS) is 14.4. The predicted molar refractivity (Wildman–Crippen MR) is 196 cm³/mol. The van der Waals surface area contributed by atoms with Crippen molar-refractivity contribution in [2.24, 2.45) is 0 Å². The molecule has 9 nitrogen and oxygen atoms in total. The number of ether oxygens (including phenoxy) is 2. The van der Waals surface area contributed by atoms with E-state index in [1.54, 1.807) is 0 Å². The van der Waals surface area contributed by atoms with Crippen LogP contribution < -0.4 is 0 Å². The van der Waals surface area contributed by atoms with Crippen LogP contribution in [-0.4, -0.2) is 74.9 Å². The molecule has 278 valence electrons. The van der Waals surface area contributed by atoms with E-state index >= 15 is 0 Å². The van der Waals surface area contributed by atoms with Crippen molar-refractivity contribution < 1.29 is 42.1 Å². The third-order valence-corrected chi connectivity index (χ3v) is 8.36. The van der Waals surface area contributed by atoms with Gasteiger partial charge in [-0.25, -0.2) is 4.57 Å². The highest BCUT2D eigenvalue weighted by atomic mass is 31.2. The van der Waals surface area contributed by atoms with Crippen LogP contribution in [0.2, 0.25) is 0 Å². The number of esters is 2. The Morgan fingerprint density at radius 3 is 1.77 bits per heavy atom. The lowest BCUT2D eigenvalue weighted by molar-refractivity contribution is -0.870. The summed E-state index contributed by atoms with van der Waals surface area (Å²) in [4.78, 5) is 35.0. The van der Waals surface area contributed by atoms with Gasteiger partial charge >= 0.3 is 19.8 Å². The van der Waals surface area contributed by atoms with E-state index in [1.165, 1.54) is 38.5 Å². The van der Waals surface area contributed by atoms with Gasteiger partial charge in [0.1, 0.15) is 19.8 Å². The minimum atomic E-state index is -4.37. The molecule has 0 aliphatic heterocycles. The summed E-state index contributed by atoms with van der Waals surface area (Å²) in [5.41, 5.74) is 0. The number of hydrogen-bond acceptors (Lipinski definition) is 7. The van der Waals surface area contributed by atoms with Gasteiger partial charge in [-0.3, -0.25) is 18.6 Å². The number of phosphoric ester groups is 1. The van der Waals surface area contributed by atoms with E-state index in [4.69, 9.17) is 18.5 Å². The first-order valence-corrected chi connectivity index (χ1v) is 19.9. The summed E-state index contributed by atoms with van der Waals surface area (Å²) in [5.74, 6) is -0.856. The van der Waals surface area contributed by atoms with E-state index in [9.17, 15) is 19.0 Å². The highest BCUT2D eigenvalue weighted by Crippen LogP contribution is 2.43. The van der Waals surface area contributed by atoms with Crippen LogP contribution in [0.3, 0.4) is 0 Å². The van der Waals surface area contributed by atoms with E-state index in [1.807, 2.05) is 21.1 Å². The molecule has 0 aromatic rings. The highest BCUT2D eigenvalue weighted by Gasteiger charge is 2.27. The molecule has 0 radical (unpaired) electrons. The van der Waals surface area contributed by atoms with Gasteiger partial charge < -0.3 is 18.9 Å². The first kappa shape index (κ1) is 46.0. The molecule has 0 rings (SSSR count). The van der Waals surface area contributed by atoms with Gasteiger partial charge in [-0.1, -0.05) is 114 Å². The van der Waals surface area contributed by atoms with Crippen LogP contribution in [0.25, 0.3) is 0 Å². The zero-order valence-electron chi connectivity index (χ0n) is 31.0. The molecule has 0 aliphatic carbocycles. The van der Waals surface area contributed by atoms with E-state index in [-0.39, 0.29) is 32.0 Å². The lowest BCUT2D eigenvalue weighted by atomic mass is 10.1. The number of quaternary nitrogens is 1. The third kappa shape index (κ3) is 33.9. The Labute approximate surface area is 293 Å². The Balaban J connectivity index is 4.55. The number of carbonyl (C=O) groups excluding carboxylic acids is 2. The largest absolute Gasteiger partial charge is 0.472 e. The first-order chi connectivity index (χ1) is 23.0. The number of hydrogen-bond donors (Lipinski definition) is 1. The average Bonchev–Trinajstić information content (AvgIpc) is 3.02. The maximum atomic E-state index is 12.6. The molecule has 0 fully saturated rings. The quantitative estimate of drug-likeness (QED) is 0.0243. The van der Waals surface area contributed by atoms with Crippen molar-refractivity contribution >= 4 is 19.8 Å². The van der Waals surface area contributed by atoms with Crippen LogP contribution in [0.5, 0.6) is 0 Å². The molecule has 0 aliphatic rings. The van der Waals surface area contributed by atoms with Crippen LogP contribution in [0.4, 0.5) is 0 Å². The van der Waals surface area contributed by atoms with Gasteiger partial charge in [-0.2, -0.15) is 0 Å². The Bertz CT molecular complexity index is 970. The molecule has 0 saturated carbocycles. The second-order valence-corrected chi connectivity index (χ2v) is 14.7. The van der Waals surface area contributed by atoms with Crippen LogP contribution in [0.15, 0.2) is 48.6 Å². The Hall–Kier alpha value is -2.03. The van der Waals surface area contributed by atoms with E-state index in [0.29, 0.717) is 17.4 Å². The topological polar surface area (TPSA) is 108 Å². The number of likely N-dealkylation sites (N-methyl/N-ethyl adjacent to an activating group) is 1. The minimum Gasteiger partial charge on any atom is -0.462 e. The maximum absolute atomic E-state index is 12.6. The standard InChI is InChI=1S/C38H68NO8P/c1-6-8-10-12-14-16-17-18-19-20-21-23-25-27-29-31-38(41)47-36(35-46-48(42,43)45-33-32-39(3,4)5)34-44-37(40)30-28-26-24-22-15-13-11-9-7-2/h8,10,14,16,18-19,21,23,36H,6-7,9,11-13,15,17,20,22,24-35H2,1-5H3/p+1/b10-8-,16-14-,19-18-,23-21-. The van der Waals surface area contributed by atoms with Crippen LogP contribution >= 0.6 is 7.82 Å². The maximum Gasteiger partial charge on any atom is 0.472 e. The number of rotatable bonds is 32. The molecule has 10 heteroatoms. The summed E-state index contributed by atoms with van der Waals surface area (Å²) in [5, 5.41) is 0. The predicted octanol–water partition coefficient (Wildman–Crippen LogP) is 9.57. The van der Waals surface area contributed by atoms with Crippen molar-refractivity contribution in [1.29, 1.82) is 0 Å². The van der Waals surface area contributed by atoms with Gasteiger partial charge in [0.05, 0.1) is 27.7 Å². The summed E-state index contributed by atoms with van der Waals surface area (Å²) in [6.45, 7) is 4.20. The van der Waals surface area contributed by atoms with Gasteiger partial charge in [0.2, 0.25) is 0 Å². The minimum absolute atomic E-state index is 0.0226. The summed E-state index contributed by atoms with van der Waals surface area (Å²) >= 11 is 0. The second kappa shape index (κ2) is 31.0. The van der Waals surface area contributed by atoms with Gasteiger partial charge in [0.15, 0.2) is 6.10 Å². The molecular weight excluding hydrogens is 629 g/mol. The average molecular weight is 699 g/mol. The first-order valence-electron chi connectivity index (χ1n) is 18.4. The summed E-state index contributed by atoms with van der Waals surface area (Å²) in [6.07, 6.45) is 33.1. The molecule has 0 amide bonds. The fourth-order valence-corrected chi connectivity index (χ4v) is 5.21. The fourth-order valence-electron chi connectivity index (χ4n) is 4.47. The van der Waals surface area contributed by atoms with Crippen LogP contribution in [0, 0.1) is 0 Å². The molecular formula is C38H69NO8P+. The number of unbranched alkanes of at least 4 members (excludes halogenated alkanes) is 10. The molecule has 2 atom stereocenters. The van der Waals surface area contributed by atoms with Crippen molar-refractivity contribution in [2.45, 2.75) is 136 Å². The summed E-state index contributed by atoms with van der Waals surface area (Å²) in [6, 6.07) is 0. The van der Waals surface area contributed by atoms with Crippen molar-refractivity contribution in [3.05, 3.63) is 48.6 Å². The molecule has 0 spiro atoms. The highest BCUT2D eigenvalue weighted by molar-refractivity contribution is 7.47. The van der Waals surface area contributed by atoms with Crippen LogP contribution in [0.1, 0.15) is 129 Å². The smallest absolute Gasteiger partial charge is 0.462 e. The SMILES string of the molecule is CC/C=C\C/C=C\C/C=C\C/C=C\CCCCC(=O)OC(COC(=O)CCCCCCCCCCC)COP(=O)(O)OCC[N+](C)(C)C. The van der Waals surface area contributed by atoms with Gasteiger partial charge in [-0.15, -0.1) is 0 Å². The lowest BCUT2D eigenvalue weighted by Gasteiger charge is -2.24. The van der Waals surface area contributed by atoms with Gasteiger partial charge in [0.25, 0.3) is 0 Å². The van der Waals surface area contributed by atoms with Crippen molar-refractivity contribution in [1.82, 2.24) is 0 Å². The summed E-state index contributed by atoms with van der Waals surface area (Å²) < 4.78 is 34.0. The second-order valence-electron chi connectivity index (χ2n) is 13.2. The Morgan fingerprint density at radius 1 is 0.667 bits per heavy atom. The number of allylic oxidation sites excluding steroid dienone is 8. The number of nitrogens with zero attached hydrogens (tertiary/aromatic N) is 1. The summed E-state index contributed by atoms with van der Waals surface area (Å²) in [7, 11) is 1.44. The van der Waals surface area contributed by atoms with Crippen molar-refractivity contribution in [3.63, 3.8) is 0 Å². The van der Waals surface area contributed by atoms with Gasteiger partial charge in [-0.05, 0) is 51.4 Å². The lowest BCUT2D eigenvalue weighted by Crippen LogP contribution is -2.37. The van der Waals surface area contributed by atoms with Crippen LogP contribution in [-0.2, 0) is 32.7 Å². The third-order valence-electron chi connectivity index (χ3n) is 7.37. The molecule has 1 N–H and O–H groups in total. The molecule has 0 aromatic carbocycles. The van der Waals surface area contributed by atoms with E-state index in [2.05, 4.69) is 62.5 Å².